The summed E-state index contributed by atoms with van der Waals surface area (Å²) in [7, 11) is -3.11. The first-order valence-corrected chi connectivity index (χ1v) is 12.4. The molecule has 0 atom stereocenters. The largest absolute Gasteiger partial charge is 0.508 e. The number of phenols is 1. The number of guanidine groups is 1. The molecule has 0 spiro atoms. The molecule has 0 bridgehead atoms. The second kappa shape index (κ2) is 11.5. The zero-order valence-electron chi connectivity index (χ0n) is 18.0. The van der Waals surface area contributed by atoms with Crippen molar-refractivity contribution in [3.8, 4) is 5.75 Å². The molecule has 0 aromatic heterocycles. The van der Waals surface area contributed by atoms with E-state index in [2.05, 4.69) is 10.6 Å². The molecule has 1 heterocycles. The van der Waals surface area contributed by atoms with Gasteiger partial charge in [0.25, 0.3) is 0 Å². The van der Waals surface area contributed by atoms with Crippen molar-refractivity contribution in [3.05, 3.63) is 28.8 Å². The normalized spacial score (nSPS) is 18.4. The van der Waals surface area contributed by atoms with Gasteiger partial charge in [0.05, 0.1) is 12.3 Å². The van der Waals surface area contributed by atoms with Gasteiger partial charge in [-0.2, -0.15) is 0 Å². The smallest absolute Gasteiger partial charge is 0.213 e. The molecule has 0 amide bonds. The van der Waals surface area contributed by atoms with Crippen molar-refractivity contribution in [2.75, 3.05) is 25.4 Å². The highest BCUT2D eigenvalue weighted by Gasteiger charge is 2.27. The lowest BCUT2D eigenvalue weighted by Crippen LogP contribution is -2.50. The molecule has 0 unspecified atom stereocenters. The summed E-state index contributed by atoms with van der Waals surface area (Å²) in [6.07, 6.45) is 5.96. The zero-order valence-corrected chi connectivity index (χ0v) is 21.1. The van der Waals surface area contributed by atoms with E-state index in [1.165, 1.54) is 17.5 Å². The van der Waals surface area contributed by atoms with Crippen molar-refractivity contribution in [2.24, 2.45) is 4.99 Å². The Labute approximate surface area is 197 Å². The van der Waals surface area contributed by atoms with Crippen LogP contribution >= 0.6 is 24.0 Å². The van der Waals surface area contributed by atoms with Gasteiger partial charge in [-0.1, -0.05) is 6.07 Å². The van der Waals surface area contributed by atoms with E-state index in [1.54, 1.807) is 17.3 Å². The third kappa shape index (κ3) is 6.23. The van der Waals surface area contributed by atoms with Gasteiger partial charge < -0.3 is 15.7 Å². The summed E-state index contributed by atoms with van der Waals surface area (Å²) < 4.78 is 25.7. The molecular weight excluding hydrogens is 515 g/mol. The first-order chi connectivity index (χ1) is 13.9. The van der Waals surface area contributed by atoms with Crippen LogP contribution in [-0.4, -0.2) is 55.2 Å². The maximum Gasteiger partial charge on any atom is 0.213 e. The summed E-state index contributed by atoms with van der Waals surface area (Å²) in [6.45, 7) is 5.98. The second-order valence-electron chi connectivity index (χ2n) is 7.82. The van der Waals surface area contributed by atoms with Crippen molar-refractivity contribution in [3.63, 3.8) is 0 Å². The van der Waals surface area contributed by atoms with E-state index in [-0.39, 0.29) is 35.8 Å². The van der Waals surface area contributed by atoms with E-state index in [0.29, 0.717) is 25.4 Å². The number of aryl methyl sites for hydroxylation is 1. The number of aromatic hydroxyl groups is 1. The number of fused-ring (bicyclic) bond motifs is 1. The summed E-state index contributed by atoms with van der Waals surface area (Å²) in [4.78, 5) is 4.73. The molecular formula is C21H35IN4O3S. The van der Waals surface area contributed by atoms with Gasteiger partial charge in [0, 0.05) is 31.2 Å². The number of halogens is 1. The van der Waals surface area contributed by atoms with Crippen LogP contribution in [0.3, 0.4) is 0 Å². The van der Waals surface area contributed by atoms with Crippen molar-refractivity contribution in [2.45, 2.75) is 65.0 Å². The third-order valence-corrected chi connectivity index (χ3v) is 7.80. The van der Waals surface area contributed by atoms with Crippen LogP contribution < -0.4 is 10.6 Å². The fourth-order valence-corrected chi connectivity index (χ4v) is 5.33. The lowest BCUT2D eigenvalue weighted by Gasteiger charge is -2.32. The zero-order chi connectivity index (χ0) is 20.9. The number of aliphatic imine (C=N–C) groups is 1. The Morgan fingerprint density at radius 1 is 1.20 bits per heavy atom. The Kier molecular flexibility index (Phi) is 9.67. The first kappa shape index (κ1) is 25.2. The van der Waals surface area contributed by atoms with Crippen LogP contribution in [-0.2, 0) is 29.4 Å². The van der Waals surface area contributed by atoms with Crippen LogP contribution in [0.5, 0.6) is 5.75 Å². The number of piperidine rings is 1. The van der Waals surface area contributed by atoms with Gasteiger partial charge in [0.15, 0.2) is 5.96 Å². The number of rotatable bonds is 6. The molecule has 9 heteroatoms. The van der Waals surface area contributed by atoms with Crippen LogP contribution in [0.15, 0.2) is 17.1 Å². The molecule has 7 nitrogen and oxygen atoms in total. The van der Waals surface area contributed by atoms with Crippen LogP contribution in [0.2, 0.25) is 0 Å². The van der Waals surface area contributed by atoms with Gasteiger partial charge in [-0.25, -0.2) is 17.7 Å². The topological polar surface area (TPSA) is 94.0 Å². The minimum absolute atomic E-state index is 0. The third-order valence-electron chi connectivity index (χ3n) is 5.92. The lowest BCUT2D eigenvalue weighted by molar-refractivity contribution is 0.306. The number of nitrogens with zero attached hydrogens (tertiary/aromatic N) is 2. The van der Waals surface area contributed by atoms with Crippen molar-refractivity contribution < 1.29 is 13.5 Å². The van der Waals surface area contributed by atoms with E-state index in [1.807, 2.05) is 13.0 Å². The summed E-state index contributed by atoms with van der Waals surface area (Å²) >= 11 is 0. The van der Waals surface area contributed by atoms with E-state index in [4.69, 9.17) is 4.99 Å². The molecule has 1 aromatic rings. The molecule has 1 fully saturated rings. The van der Waals surface area contributed by atoms with Gasteiger partial charge in [-0.3, -0.25) is 0 Å². The second-order valence-corrected chi connectivity index (χ2v) is 10.1. The number of hydrogen-bond acceptors (Lipinski definition) is 4. The van der Waals surface area contributed by atoms with E-state index >= 15 is 0 Å². The number of nitrogens with one attached hydrogen (secondary N) is 2. The average Bonchev–Trinajstić information content (AvgIpc) is 2.73. The summed E-state index contributed by atoms with van der Waals surface area (Å²) in [6, 6.07) is 4.02. The maximum absolute atomic E-state index is 12.0. The molecule has 3 N–H and O–H groups in total. The maximum atomic E-state index is 12.0. The summed E-state index contributed by atoms with van der Waals surface area (Å²) in [5.41, 5.74) is 3.53. The molecule has 170 valence electrons. The predicted molar refractivity (Wildman–Crippen MR) is 132 cm³/mol. The molecule has 1 aliphatic carbocycles. The van der Waals surface area contributed by atoms with Crippen molar-refractivity contribution in [1.29, 1.82) is 0 Å². The molecule has 0 radical (unpaired) electrons. The number of benzene rings is 1. The Hall–Kier alpha value is -1.07. The van der Waals surface area contributed by atoms with Gasteiger partial charge in [0.2, 0.25) is 10.0 Å². The highest BCUT2D eigenvalue weighted by Crippen LogP contribution is 2.31. The van der Waals surface area contributed by atoms with E-state index in [0.717, 1.165) is 50.2 Å². The monoisotopic (exact) mass is 550 g/mol. The predicted octanol–water partition coefficient (Wildman–Crippen LogP) is 2.76. The standard InChI is InChI=1S/C21H34N4O3S.HI/c1-3-22-21(24-17-11-13-25(14-12-17)29(27,28)4-2)23-15-19-18-8-6-5-7-16(18)9-10-20(19)26;/h9-10,17,26H,3-8,11-15H2,1-2H3,(H2,22,23,24);1H. The fourth-order valence-electron chi connectivity index (χ4n) is 4.20. The average molecular weight is 551 g/mol. The lowest BCUT2D eigenvalue weighted by atomic mass is 9.88. The highest BCUT2D eigenvalue weighted by molar-refractivity contribution is 14.0. The Balaban J connectivity index is 0.00000320. The fraction of sp³-hybridized carbons (Fsp3) is 0.667. The van der Waals surface area contributed by atoms with Gasteiger partial charge in [-0.15, -0.1) is 24.0 Å². The van der Waals surface area contributed by atoms with Gasteiger partial charge in [0.1, 0.15) is 5.75 Å². The van der Waals surface area contributed by atoms with Crippen LogP contribution in [0.25, 0.3) is 0 Å². The van der Waals surface area contributed by atoms with Gasteiger partial charge >= 0.3 is 0 Å². The number of sulfonamides is 1. The minimum atomic E-state index is -3.11. The summed E-state index contributed by atoms with van der Waals surface area (Å²) in [5, 5.41) is 17.1. The molecule has 1 aliphatic heterocycles. The van der Waals surface area contributed by atoms with Gasteiger partial charge in [-0.05, 0) is 69.6 Å². The van der Waals surface area contributed by atoms with Crippen LogP contribution in [0, 0.1) is 0 Å². The molecule has 2 aliphatic rings. The Morgan fingerprint density at radius 3 is 2.57 bits per heavy atom. The summed E-state index contributed by atoms with van der Waals surface area (Å²) in [5.74, 6) is 1.19. The first-order valence-electron chi connectivity index (χ1n) is 10.8. The SMILES string of the molecule is CCNC(=NCc1c(O)ccc2c1CCCC2)NC1CCN(S(=O)(=O)CC)CC1.I. The number of hydrogen-bond donors (Lipinski definition) is 3. The quantitative estimate of drug-likeness (QED) is 0.288. The number of phenolic OH excluding ortho intramolecular Hbond substituents is 1. The van der Waals surface area contributed by atoms with Crippen molar-refractivity contribution in [1.82, 2.24) is 14.9 Å². The van der Waals surface area contributed by atoms with E-state index in [9.17, 15) is 13.5 Å². The molecule has 30 heavy (non-hydrogen) atoms. The molecule has 0 saturated carbocycles. The Morgan fingerprint density at radius 2 is 1.90 bits per heavy atom. The van der Waals surface area contributed by atoms with Crippen molar-refractivity contribution >= 4 is 40.0 Å². The molecule has 3 rings (SSSR count). The minimum Gasteiger partial charge on any atom is -0.508 e. The molecule has 1 aromatic carbocycles. The van der Waals surface area contributed by atoms with Crippen LogP contribution in [0.4, 0.5) is 0 Å². The molecule has 1 saturated heterocycles. The Bertz CT molecular complexity index is 837. The van der Waals surface area contributed by atoms with E-state index < -0.39 is 10.0 Å². The van der Waals surface area contributed by atoms with Crippen LogP contribution in [0.1, 0.15) is 56.2 Å². The highest BCUT2D eigenvalue weighted by atomic mass is 127.